The summed E-state index contributed by atoms with van der Waals surface area (Å²) in [4.78, 5) is 41.5. The van der Waals surface area contributed by atoms with Gasteiger partial charge in [0.25, 0.3) is 5.91 Å². The van der Waals surface area contributed by atoms with Crippen LogP contribution in [0.4, 0.5) is 8.78 Å². The molecule has 0 unspecified atom stereocenters. The SMILES string of the molecule is N#C[C@H](C[C@@H]1CCCNC1=O)NC(=O)[C@@H]1[C@@H]2CC(F)(F)C[C@@H]2CN1C(=O)C1(O)c2ccccc2-c2ccccc21. The molecule has 2 aromatic carbocycles. The van der Waals surface area contributed by atoms with Gasteiger partial charge in [-0.1, -0.05) is 48.5 Å². The van der Waals surface area contributed by atoms with Gasteiger partial charge in [0.1, 0.15) is 12.1 Å². The van der Waals surface area contributed by atoms with Gasteiger partial charge in [-0.05, 0) is 42.2 Å². The highest BCUT2D eigenvalue weighted by molar-refractivity contribution is 6.01. The summed E-state index contributed by atoms with van der Waals surface area (Å²) in [5.41, 5.74) is 0.0380. The lowest BCUT2D eigenvalue weighted by atomic mass is 9.88. The van der Waals surface area contributed by atoms with Crippen LogP contribution >= 0.6 is 0 Å². The van der Waals surface area contributed by atoms with E-state index in [2.05, 4.69) is 10.6 Å². The zero-order chi connectivity index (χ0) is 28.2. The molecule has 2 saturated heterocycles. The van der Waals surface area contributed by atoms with E-state index in [1.807, 2.05) is 18.2 Å². The first kappa shape index (κ1) is 26.4. The van der Waals surface area contributed by atoms with Crippen molar-refractivity contribution in [1.29, 1.82) is 5.26 Å². The van der Waals surface area contributed by atoms with E-state index in [4.69, 9.17) is 0 Å². The highest BCUT2D eigenvalue weighted by Crippen LogP contribution is 2.53. The van der Waals surface area contributed by atoms with Crippen LogP contribution in [-0.4, -0.2) is 58.8 Å². The molecular weight excluding hydrogens is 518 g/mol. The third kappa shape index (κ3) is 4.15. The predicted octanol–water partition coefficient (Wildman–Crippen LogP) is 2.70. The molecule has 3 N–H and O–H groups in total. The van der Waals surface area contributed by atoms with Crippen LogP contribution in [0.5, 0.6) is 0 Å². The van der Waals surface area contributed by atoms with E-state index in [9.17, 15) is 33.5 Å². The maximum absolute atomic E-state index is 14.5. The largest absolute Gasteiger partial charge is 0.372 e. The molecule has 0 spiro atoms. The Morgan fingerprint density at radius 2 is 1.77 bits per heavy atom. The minimum Gasteiger partial charge on any atom is -0.372 e. The monoisotopic (exact) mass is 548 g/mol. The Hall–Kier alpha value is -3.84. The first-order chi connectivity index (χ1) is 19.1. The Labute approximate surface area is 230 Å². The molecule has 0 aromatic heterocycles. The van der Waals surface area contributed by atoms with Gasteiger partial charge in [-0.15, -0.1) is 0 Å². The molecule has 3 amide bonds. The zero-order valence-corrected chi connectivity index (χ0v) is 21.8. The number of hydrogen-bond donors (Lipinski definition) is 3. The Bertz CT molecular complexity index is 1380. The van der Waals surface area contributed by atoms with Crippen molar-refractivity contribution in [3.63, 3.8) is 0 Å². The number of piperidine rings is 1. The Morgan fingerprint density at radius 3 is 2.40 bits per heavy atom. The van der Waals surface area contributed by atoms with Crippen molar-refractivity contribution in [2.75, 3.05) is 13.1 Å². The fourth-order valence-electron chi connectivity index (χ4n) is 7.24. The summed E-state index contributed by atoms with van der Waals surface area (Å²) < 4.78 is 29.0. The summed E-state index contributed by atoms with van der Waals surface area (Å²) >= 11 is 0. The van der Waals surface area contributed by atoms with Gasteiger partial charge >= 0.3 is 0 Å². The first-order valence-electron chi connectivity index (χ1n) is 13.7. The molecule has 208 valence electrons. The van der Waals surface area contributed by atoms with Crippen LogP contribution in [0.25, 0.3) is 11.1 Å². The van der Waals surface area contributed by atoms with E-state index in [0.717, 1.165) is 6.42 Å². The van der Waals surface area contributed by atoms with E-state index >= 15 is 0 Å². The molecule has 3 fully saturated rings. The highest BCUT2D eigenvalue weighted by atomic mass is 19.3. The topological polar surface area (TPSA) is 123 Å². The van der Waals surface area contributed by atoms with Crippen molar-refractivity contribution in [2.24, 2.45) is 17.8 Å². The molecule has 5 atom stereocenters. The Balaban J connectivity index is 1.32. The average molecular weight is 549 g/mol. The van der Waals surface area contributed by atoms with Crippen LogP contribution in [-0.2, 0) is 20.0 Å². The standard InChI is InChI=1S/C30H30F2N4O4/c31-29(32)13-18-16-36(28(39)30(40)23-9-3-1-7-20(23)21-8-2-4-10-24(21)30)25(22(18)14-29)27(38)35-19(15-33)12-17-6-5-11-34-26(17)37/h1-4,7-10,17-19,22,25,40H,5-6,11-14,16H2,(H,34,37)(H,35,38)/t17-,18+,19-,22+,25-/m0/s1. The summed E-state index contributed by atoms with van der Waals surface area (Å²) in [6.07, 6.45) is 0.405. The van der Waals surface area contributed by atoms with Crippen molar-refractivity contribution >= 4 is 17.7 Å². The van der Waals surface area contributed by atoms with Crippen LogP contribution in [0.3, 0.4) is 0 Å². The highest BCUT2D eigenvalue weighted by Gasteiger charge is 2.61. The molecule has 1 saturated carbocycles. The number of nitrogens with one attached hydrogen (secondary N) is 2. The van der Waals surface area contributed by atoms with Gasteiger partial charge in [0.05, 0.1) is 6.07 Å². The number of halogens is 2. The van der Waals surface area contributed by atoms with Crippen LogP contribution < -0.4 is 10.6 Å². The van der Waals surface area contributed by atoms with Crippen LogP contribution in [0.2, 0.25) is 0 Å². The molecule has 8 nitrogen and oxygen atoms in total. The molecule has 2 aliphatic heterocycles. The van der Waals surface area contributed by atoms with Gasteiger partial charge in [0, 0.05) is 43.0 Å². The van der Waals surface area contributed by atoms with Crippen molar-refractivity contribution < 1.29 is 28.3 Å². The number of amides is 3. The Morgan fingerprint density at radius 1 is 1.12 bits per heavy atom. The van der Waals surface area contributed by atoms with Gasteiger partial charge in [0.15, 0.2) is 5.60 Å². The molecule has 0 bridgehead atoms. The number of carbonyl (C=O) groups is 3. The number of rotatable bonds is 5. The maximum Gasteiger partial charge on any atom is 0.264 e. The van der Waals surface area contributed by atoms with E-state index in [1.54, 1.807) is 36.4 Å². The van der Waals surface area contributed by atoms with Crippen LogP contribution in [0, 0.1) is 29.1 Å². The molecule has 2 aromatic rings. The summed E-state index contributed by atoms with van der Waals surface area (Å²) in [5, 5.41) is 27.3. The number of carbonyl (C=O) groups excluding carboxylic acids is 3. The molecular formula is C30H30F2N4O4. The molecule has 6 rings (SSSR count). The number of likely N-dealkylation sites (tertiary alicyclic amines) is 1. The van der Waals surface area contributed by atoms with Crippen molar-refractivity contribution in [1.82, 2.24) is 15.5 Å². The lowest BCUT2D eigenvalue weighted by Gasteiger charge is -2.35. The summed E-state index contributed by atoms with van der Waals surface area (Å²) in [6.45, 7) is 0.455. The maximum atomic E-state index is 14.5. The van der Waals surface area contributed by atoms with Gasteiger partial charge < -0.3 is 20.6 Å². The van der Waals surface area contributed by atoms with Gasteiger partial charge in [-0.25, -0.2) is 8.78 Å². The number of aliphatic hydroxyl groups is 1. The van der Waals surface area contributed by atoms with Crippen molar-refractivity contribution in [2.45, 2.75) is 55.7 Å². The lowest BCUT2D eigenvalue weighted by Crippen LogP contribution is -2.56. The fourth-order valence-corrected chi connectivity index (χ4v) is 7.24. The number of alkyl halides is 2. The van der Waals surface area contributed by atoms with E-state index in [0.29, 0.717) is 35.2 Å². The van der Waals surface area contributed by atoms with E-state index in [1.165, 1.54) is 4.90 Å². The van der Waals surface area contributed by atoms with Crippen molar-refractivity contribution in [3.8, 4) is 17.2 Å². The average Bonchev–Trinajstić information content (AvgIpc) is 3.53. The molecule has 2 heterocycles. The molecule has 40 heavy (non-hydrogen) atoms. The number of nitriles is 1. The predicted molar refractivity (Wildman–Crippen MR) is 139 cm³/mol. The Kier molecular flexibility index (Phi) is 6.37. The summed E-state index contributed by atoms with van der Waals surface area (Å²) in [5.74, 6) is -6.53. The second-order valence-electron chi connectivity index (χ2n) is 11.4. The molecule has 0 radical (unpaired) electrons. The van der Waals surface area contributed by atoms with Gasteiger partial charge in [-0.3, -0.25) is 14.4 Å². The number of benzene rings is 2. The smallest absolute Gasteiger partial charge is 0.264 e. The summed E-state index contributed by atoms with van der Waals surface area (Å²) in [7, 11) is 0. The third-order valence-electron chi connectivity index (χ3n) is 9.03. The first-order valence-corrected chi connectivity index (χ1v) is 13.7. The van der Waals surface area contributed by atoms with Crippen LogP contribution in [0.1, 0.15) is 43.2 Å². The van der Waals surface area contributed by atoms with Crippen LogP contribution in [0.15, 0.2) is 48.5 Å². The lowest BCUT2D eigenvalue weighted by molar-refractivity contribution is -0.153. The third-order valence-corrected chi connectivity index (χ3v) is 9.03. The second-order valence-corrected chi connectivity index (χ2v) is 11.4. The molecule has 4 aliphatic rings. The second kappa shape index (κ2) is 9.66. The summed E-state index contributed by atoms with van der Waals surface area (Å²) in [6, 6.07) is 13.7. The number of hydrogen-bond acceptors (Lipinski definition) is 5. The van der Waals surface area contributed by atoms with Gasteiger partial charge in [0.2, 0.25) is 17.7 Å². The minimum atomic E-state index is -2.97. The molecule has 10 heteroatoms. The zero-order valence-electron chi connectivity index (χ0n) is 21.8. The quantitative estimate of drug-likeness (QED) is 0.531. The van der Waals surface area contributed by atoms with Gasteiger partial charge in [-0.2, -0.15) is 5.26 Å². The fraction of sp³-hybridized carbons (Fsp3) is 0.467. The number of nitrogens with zero attached hydrogens (tertiary/aromatic N) is 2. The van der Waals surface area contributed by atoms with E-state index in [-0.39, 0.29) is 18.9 Å². The van der Waals surface area contributed by atoms with E-state index < -0.39 is 66.0 Å². The normalized spacial score (nSPS) is 28.1. The molecule has 2 aliphatic carbocycles. The van der Waals surface area contributed by atoms with Crippen molar-refractivity contribution in [3.05, 3.63) is 59.7 Å². The number of fused-ring (bicyclic) bond motifs is 4. The minimum absolute atomic E-state index is 0.0870.